The monoisotopic (exact) mass is 575 g/mol. The number of rotatable bonds is 12. The SMILES string of the molecule is CCNC(=O)[C@@H](CC)N(Cc1ccc(F)cc1)C(=O)CN(c1cc(Cl)ccc1OC)S(=O)(=O)c1ccccc1. The molecule has 2 amide bonds. The third-order valence-corrected chi connectivity index (χ3v) is 8.03. The molecule has 0 radical (unpaired) electrons. The van der Waals surface area contributed by atoms with Gasteiger partial charge in [-0.25, -0.2) is 12.8 Å². The van der Waals surface area contributed by atoms with E-state index in [-0.39, 0.29) is 40.2 Å². The number of sulfonamides is 1. The van der Waals surface area contributed by atoms with Crippen LogP contribution in [-0.4, -0.2) is 51.4 Å². The molecule has 11 heteroatoms. The van der Waals surface area contributed by atoms with Crippen LogP contribution in [0.4, 0.5) is 10.1 Å². The Morgan fingerprint density at radius 1 is 1.03 bits per heavy atom. The van der Waals surface area contributed by atoms with Gasteiger partial charge in [0.1, 0.15) is 24.2 Å². The number of ether oxygens (including phenoxy) is 1. The number of hydrogen-bond donors (Lipinski definition) is 1. The number of nitrogens with zero attached hydrogens (tertiary/aromatic N) is 2. The number of anilines is 1. The van der Waals surface area contributed by atoms with Gasteiger partial charge in [0.25, 0.3) is 10.0 Å². The van der Waals surface area contributed by atoms with Gasteiger partial charge in [0.2, 0.25) is 11.8 Å². The minimum absolute atomic E-state index is 0.0410. The quantitative estimate of drug-likeness (QED) is 0.340. The molecule has 0 fully saturated rings. The number of carbonyl (C=O) groups excluding carboxylic acids is 2. The van der Waals surface area contributed by atoms with Gasteiger partial charge in [-0.3, -0.25) is 13.9 Å². The van der Waals surface area contributed by atoms with Crippen LogP contribution in [0.25, 0.3) is 0 Å². The Morgan fingerprint density at radius 2 is 1.69 bits per heavy atom. The molecular formula is C28H31ClFN3O5S. The topological polar surface area (TPSA) is 96.0 Å². The standard InChI is InChI=1S/C28H31ClFN3O5S/c1-4-24(28(35)31-5-2)32(18-20-11-14-22(30)15-12-20)27(34)19-33(25-17-21(29)13-16-26(25)38-3)39(36,37)23-9-7-6-8-10-23/h6-17,24H,4-5,18-19H2,1-3H3,(H,31,35)/t24-/m1/s1. The maximum atomic E-state index is 14.0. The van der Waals surface area contributed by atoms with Crippen molar-refractivity contribution >= 4 is 39.1 Å². The third-order valence-electron chi connectivity index (χ3n) is 6.02. The molecule has 3 rings (SSSR count). The van der Waals surface area contributed by atoms with Crippen molar-refractivity contribution < 1.29 is 27.1 Å². The number of nitrogens with one attached hydrogen (secondary N) is 1. The second kappa shape index (κ2) is 13.4. The molecule has 0 aliphatic rings. The van der Waals surface area contributed by atoms with Gasteiger partial charge in [0.15, 0.2) is 0 Å². The summed E-state index contributed by atoms with van der Waals surface area (Å²) in [4.78, 5) is 28.2. The summed E-state index contributed by atoms with van der Waals surface area (Å²) in [6, 6.07) is 16.8. The molecule has 3 aromatic rings. The van der Waals surface area contributed by atoms with Crippen LogP contribution in [-0.2, 0) is 26.2 Å². The highest BCUT2D eigenvalue weighted by Crippen LogP contribution is 2.35. The number of halogens is 2. The van der Waals surface area contributed by atoms with Crippen LogP contribution in [0.3, 0.4) is 0 Å². The summed E-state index contributed by atoms with van der Waals surface area (Å²) in [5, 5.41) is 2.97. The lowest BCUT2D eigenvalue weighted by Gasteiger charge is -2.33. The van der Waals surface area contributed by atoms with E-state index in [4.69, 9.17) is 16.3 Å². The van der Waals surface area contributed by atoms with Gasteiger partial charge in [0.05, 0.1) is 17.7 Å². The molecular weight excluding hydrogens is 545 g/mol. The number of hydrogen-bond acceptors (Lipinski definition) is 5. The van der Waals surface area contributed by atoms with Crippen LogP contribution in [0.15, 0.2) is 77.7 Å². The fourth-order valence-electron chi connectivity index (χ4n) is 4.09. The average molecular weight is 576 g/mol. The smallest absolute Gasteiger partial charge is 0.264 e. The van der Waals surface area contributed by atoms with Crippen molar-refractivity contribution in [2.24, 2.45) is 0 Å². The first-order chi connectivity index (χ1) is 18.6. The number of likely N-dealkylation sites (N-methyl/N-ethyl adjacent to an activating group) is 1. The highest BCUT2D eigenvalue weighted by molar-refractivity contribution is 7.92. The number of methoxy groups -OCH3 is 1. The molecule has 0 saturated carbocycles. The number of amides is 2. The van der Waals surface area contributed by atoms with Gasteiger partial charge < -0.3 is 15.0 Å². The normalized spacial score (nSPS) is 11.9. The van der Waals surface area contributed by atoms with Crippen LogP contribution in [0.1, 0.15) is 25.8 Å². The lowest BCUT2D eigenvalue weighted by Crippen LogP contribution is -2.52. The van der Waals surface area contributed by atoms with E-state index in [1.165, 1.54) is 60.5 Å². The van der Waals surface area contributed by atoms with Crippen molar-refractivity contribution in [2.75, 3.05) is 24.5 Å². The molecule has 208 valence electrons. The predicted molar refractivity (Wildman–Crippen MR) is 149 cm³/mol. The van der Waals surface area contributed by atoms with Crippen LogP contribution < -0.4 is 14.4 Å². The van der Waals surface area contributed by atoms with Crippen molar-refractivity contribution in [2.45, 2.75) is 37.8 Å². The minimum Gasteiger partial charge on any atom is -0.495 e. The summed E-state index contributed by atoms with van der Waals surface area (Å²) in [6.45, 7) is 3.17. The zero-order valence-corrected chi connectivity index (χ0v) is 23.5. The molecule has 1 N–H and O–H groups in total. The number of benzene rings is 3. The summed E-state index contributed by atoms with van der Waals surface area (Å²) in [5.74, 6) is -1.28. The summed E-state index contributed by atoms with van der Waals surface area (Å²) < 4.78 is 47.6. The maximum Gasteiger partial charge on any atom is 0.264 e. The van der Waals surface area contributed by atoms with E-state index in [9.17, 15) is 22.4 Å². The van der Waals surface area contributed by atoms with Gasteiger partial charge in [-0.15, -0.1) is 0 Å². The second-order valence-electron chi connectivity index (χ2n) is 8.61. The fraction of sp³-hybridized carbons (Fsp3) is 0.286. The summed E-state index contributed by atoms with van der Waals surface area (Å²) >= 11 is 6.23. The molecule has 0 bridgehead atoms. The molecule has 8 nitrogen and oxygen atoms in total. The van der Waals surface area contributed by atoms with Crippen LogP contribution in [0.2, 0.25) is 5.02 Å². The van der Waals surface area contributed by atoms with E-state index in [2.05, 4.69) is 5.32 Å². The Morgan fingerprint density at radius 3 is 2.28 bits per heavy atom. The van der Waals surface area contributed by atoms with Crippen LogP contribution in [0, 0.1) is 5.82 Å². The molecule has 0 spiro atoms. The zero-order chi connectivity index (χ0) is 28.6. The van der Waals surface area contributed by atoms with Gasteiger partial charge in [-0.05, 0) is 61.4 Å². The molecule has 3 aromatic carbocycles. The molecule has 0 heterocycles. The maximum absolute atomic E-state index is 14.0. The lowest BCUT2D eigenvalue weighted by molar-refractivity contribution is -0.140. The first-order valence-electron chi connectivity index (χ1n) is 12.3. The van der Waals surface area contributed by atoms with Gasteiger partial charge >= 0.3 is 0 Å². The van der Waals surface area contributed by atoms with Gasteiger partial charge in [-0.1, -0.05) is 48.9 Å². The Hall–Kier alpha value is -3.63. The fourth-order valence-corrected chi connectivity index (χ4v) is 5.69. The van der Waals surface area contributed by atoms with E-state index < -0.39 is 34.3 Å². The third kappa shape index (κ3) is 7.27. The van der Waals surface area contributed by atoms with Crippen LogP contribution >= 0.6 is 11.6 Å². The van der Waals surface area contributed by atoms with E-state index >= 15 is 0 Å². The van der Waals surface area contributed by atoms with Crippen molar-refractivity contribution in [1.29, 1.82) is 0 Å². The Labute approximate surface area is 233 Å². The Kier molecular flexibility index (Phi) is 10.3. The molecule has 0 aliphatic carbocycles. The summed E-state index contributed by atoms with van der Waals surface area (Å²) in [7, 11) is -2.90. The van der Waals surface area contributed by atoms with Crippen molar-refractivity contribution in [1.82, 2.24) is 10.2 Å². The molecule has 0 saturated heterocycles. The largest absolute Gasteiger partial charge is 0.495 e. The molecule has 1 atom stereocenters. The molecule has 39 heavy (non-hydrogen) atoms. The average Bonchev–Trinajstić information content (AvgIpc) is 2.93. The van der Waals surface area contributed by atoms with E-state index in [0.717, 1.165) is 4.31 Å². The van der Waals surface area contributed by atoms with E-state index in [1.54, 1.807) is 38.1 Å². The molecule has 0 unspecified atom stereocenters. The number of carbonyl (C=O) groups is 2. The lowest BCUT2D eigenvalue weighted by atomic mass is 10.1. The first-order valence-corrected chi connectivity index (χ1v) is 14.2. The predicted octanol–water partition coefficient (Wildman–Crippen LogP) is 4.63. The summed E-state index contributed by atoms with van der Waals surface area (Å²) in [6.07, 6.45) is 0.269. The Bertz CT molecular complexity index is 1390. The highest BCUT2D eigenvalue weighted by atomic mass is 35.5. The van der Waals surface area contributed by atoms with Gasteiger partial charge in [-0.2, -0.15) is 0 Å². The van der Waals surface area contributed by atoms with E-state index in [1.807, 2.05) is 0 Å². The highest BCUT2D eigenvalue weighted by Gasteiger charge is 2.34. The van der Waals surface area contributed by atoms with Crippen molar-refractivity contribution in [3.8, 4) is 5.75 Å². The van der Waals surface area contributed by atoms with E-state index in [0.29, 0.717) is 12.1 Å². The first kappa shape index (κ1) is 29.9. The minimum atomic E-state index is -4.28. The van der Waals surface area contributed by atoms with Crippen molar-refractivity contribution in [3.63, 3.8) is 0 Å². The van der Waals surface area contributed by atoms with Crippen molar-refractivity contribution in [3.05, 3.63) is 89.2 Å². The molecule has 0 aromatic heterocycles. The Balaban J connectivity index is 2.11. The molecule has 0 aliphatic heterocycles. The zero-order valence-electron chi connectivity index (χ0n) is 21.9. The van der Waals surface area contributed by atoms with Crippen LogP contribution in [0.5, 0.6) is 5.75 Å². The summed E-state index contributed by atoms with van der Waals surface area (Å²) in [5.41, 5.74) is 0.639. The second-order valence-corrected chi connectivity index (χ2v) is 10.9. The van der Waals surface area contributed by atoms with Gasteiger partial charge in [0, 0.05) is 18.1 Å².